The molecule has 5 heteroatoms. The molecule has 0 saturated heterocycles. The van der Waals surface area contributed by atoms with Crippen LogP contribution in [0.3, 0.4) is 0 Å². The van der Waals surface area contributed by atoms with E-state index in [-0.39, 0.29) is 6.10 Å². The molecule has 0 aliphatic carbocycles. The smallest absolute Gasteiger partial charge is 0.200 e. The summed E-state index contributed by atoms with van der Waals surface area (Å²) in [7, 11) is 1.68. The first kappa shape index (κ1) is 10.6. The molecule has 17 heavy (non-hydrogen) atoms. The zero-order chi connectivity index (χ0) is 11.7. The second-order valence-electron chi connectivity index (χ2n) is 3.63. The van der Waals surface area contributed by atoms with E-state index in [1.165, 1.54) is 11.3 Å². The van der Waals surface area contributed by atoms with Gasteiger partial charge in [-0.3, -0.25) is 0 Å². The average Bonchev–Trinajstić information content (AvgIpc) is 2.97. The fourth-order valence-electron chi connectivity index (χ4n) is 1.83. The second kappa shape index (κ2) is 4.35. The number of hydrogen-bond donors (Lipinski definition) is 0. The predicted molar refractivity (Wildman–Crippen MR) is 63.9 cm³/mol. The van der Waals surface area contributed by atoms with Crippen molar-refractivity contribution >= 4 is 11.3 Å². The summed E-state index contributed by atoms with van der Waals surface area (Å²) in [4.78, 5) is 3.97. The summed E-state index contributed by atoms with van der Waals surface area (Å²) < 4.78 is 16.7. The molecular weight excluding hydrogens is 238 g/mol. The molecule has 0 saturated carbocycles. The third-order valence-electron chi connectivity index (χ3n) is 2.64. The molecular formula is C12H11NO3S. The number of ether oxygens (including phenoxy) is 3. The van der Waals surface area contributed by atoms with Gasteiger partial charge in [-0.25, -0.2) is 4.98 Å². The first-order chi connectivity index (χ1) is 8.38. The van der Waals surface area contributed by atoms with Crippen LogP contribution in [0.5, 0.6) is 16.6 Å². The number of nitrogens with zero attached hydrogens (tertiary/aromatic N) is 1. The maximum absolute atomic E-state index is 5.73. The molecule has 0 bridgehead atoms. The van der Waals surface area contributed by atoms with Gasteiger partial charge in [-0.1, -0.05) is 23.5 Å². The van der Waals surface area contributed by atoms with E-state index in [1.54, 1.807) is 18.8 Å². The number of hydrogen-bond acceptors (Lipinski definition) is 5. The number of methoxy groups -OCH3 is 1. The van der Waals surface area contributed by atoms with Crippen molar-refractivity contribution in [2.75, 3.05) is 13.7 Å². The molecule has 2 heterocycles. The number of thiazole rings is 1. The van der Waals surface area contributed by atoms with Crippen LogP contribution in [0.15, 0.2) is 29.9 Å². The summed E-state index contributed by atoms with van der Waals surface area (Å²) in [6.45, 7) is 0.537. The number of benzene rings is 1. The summed E-state index contributed by atoms with van der Waals surface area (Å²) in [6.07, 6.45) is 1.68. The van der Waals surface area contributed by atoms with Crippen LogP contribution in [0.2, 0.25) is 0 Å². The fourth-order valence-corrected chi connectivity index (χ4v) is 2.31. The van der Waals surface area contributed by atoms with E-state index in [4.69, 9.17) is 14.2 Å². The molecule has 1 aliphatic heterocycles. The maximum Gasteiger partial charge on any atom is 0.200 e. The van der Waals surface area contributed by atoms with Crippen LogP contribution in [-0.2, 0) is 4.74 Å². The van der Waals surface area contributed by atoms with Gasteiger partial charge in [-0.05, 0) is 6.07 Å². The van der Waals surface area contributed by atoms with E-state index in [1.807, 2.05) is 18.2 Å². The Labute approximate surface area is 103 Å². The Hall–Kier alpha value is -1.59. The molecule has 4 nitrogen and oxygen atoms in total. The van der Waals surface area contributed by atoms with Crippen molar-refractivity contribution in [3.63, 3.8) is 0 Å². The molecule has 0 amide bonds. The summed E-state index contributed by atoms with van der Waals surface area (Å²) >= 11 is 1.45. The minimum absolute atomic E-state index is 0.00462. The van der Waals surface area contributed by atoms with Crippen LogP contribution in [0.25, 0.3) is 0 Å². The Kier molecular flexibility index (Phi) is 2.70. The molecule has 0 unspecified atom stereocenters. The monoisotopic (exact) mass is 249 g/mol. The minimum atomic E-state index is -0.00462. The Morgan fingerprint density at radius 1 is 1.47 bits per heavy atom. The van der Waals surface area contributed by atoms with Gasteiger partial charge in [0.05, 0.1) is 11.7 Å². The topological polar surface area (TPSA) is 40.6 Å². The summed E-state index contributed by atoms with van der Waals surface area (Å²) in [6, 6.07) is 5.82. The lowest BCUT2D eigenvalue weighted by molar-refractivity contribution is 0.0815. The highest BCUT2D eigenvalue weighted by molar-refractivity contribution is 7.11. The van der Waals surface area contributed by atoms with Crippen molar-refractivity contribution in [2.45, 2.75) is 6.10 Å². The lowest BCUT2D eigenvalue weighted by Gasteiger charge is -2.08. The molecule has 0 spiro atoms. The van der Waals surface area contributed by atoms with E-state index in [2.05, 4.69) is 4.98 Å². The van der Waals surface area contributed by atoms with Crippen molar-refractivity contribution in [2.24, 2.45) is 0 Å². The van der Waals surface area contributed by atoms with Gasteiger partial charge in [0.1, 0.15) is 12.7 Å². The highest BCUT2D eigenvalue weighted by atomic mass is 32.1. The number of aromatic nitrogens is 1. The zero-order valence-corrected chi connectivity index (χ0v) is 10.1. The van der Waals surface area contributed by atoms with Crippen molar-refractivity contribution < 1.29 is 14.2 Å². The normalized spacial score (nSPS) is 17.6. The van der Waals surface area contributed by atoms with E-state index >= 15 is 0 Å². The molecule has 1 aromatic carbocycles. The number of para-hydroxylation sites is 1. The van der Waals surface area contributed by atoms with Gasteiger partial charge in [-0.2, -0.15) is 0 Å². The van der Waals surface area contributed by atoms with Crippen molar-refractivity contribution in [1.29, 1.82) is 0 Å². The van der Waals surface area contributed by atoms with Crippen LogP contribution in [-0.4, -0.2) is 18.7 Å². The Morgan fingerprint density at radius 2 is 2.41 bits per heavy atom. The fraction of sp³-hybridized carbons (Fsp3) is 0.250. The van der Waals surface area contributed by atoms with Crippen LogP contribution in [0, 0.1) is 0 Å². The van der Waals surface area contributed by atoms with Gasteiger partial charge < -0.3 is 14.2 Å². The third-order valence-corrected chi connectivity index (χ3v) is 3.29. The highest BCUT2D eigenvalue weighted by Gasteiger charge is 2.27. The first-order valence-corrected chi connectivity index (χ1v) is 6.11. The minimum Gasteiger partial charge on any atom is -0.486 e. The molecule has 0 fully saturated rings. The quantitative estimate of drug-likeness (QED) is 0.838. The molecule has 0 radical (unpaired) electrons. The van der Waals surface area contributed by atoms with Gasteiger partial charge in [0.15, 0.2) is 11.5 Å². The van der Waals surface area contributed by atoms with E-state index in [0.717, 1.165) is 16.4 Å². The molecule has 88 valence electrons. The predicted octanol–water partition coefficient (Wildman–Crippen LogP) is 3.02. The Bertz CT molecular complexity index is 512. The van der Waals surface area contributed by atoms with Crippen LogP contribution < -0.4 is 9.47 Å². The lowest BCUT2D eigenvalue weighted by Crippen LogP contribution is -2.01. The van der Waals surface area contributed by atoms with Gasteiger partial charge >= 0.3 is 0 Å². The van der Waals surface area contributed by atoms with Crippen molar-refractivity contribution in [3.8, 4) is 16.6 Å². The van der Waals surface area contributed by atoms with Gasteiger partial charge in [-0.15, -0.1) is 0 Å². The Morgan fingerprint density at radius 3 is 3.18 bits per heavy atom. The van der Waals surface area contributed by atoms with E-state index in [0.29, 0.717) is 12.4 Å². The van der Waals surface area contributed by atoms with Crippen LogP contribution >= 0.6 is 11.3 Å². The SMILES string of the molecule is CO[C@@H]1COc2c(Oc3cncs3)cccc21. The molecule has 1 atom stereocenters. The molecule has 1 aromatic heterocycles. The molecule has 2 aromatic rings. The molecule has 3 rings (SSSR count). The largest absolute Gasteiger partial charge is 0.486 e. The van der Waals surface area contributed by atoms with Gasteiger partial charge in [0.25, 0.3) is 0 Å². The molecule has 1 aliphatic rings. The summed E-state index contributed by atoms with van der Waals surface area (Å²) in [5.74, 6) is 1.49. The van der Waals surface area contributed by atoms with Crippen LogP contribution in [0.1, 0.15) is 11.7 Å². The second-order valence-corrected chi connectivity index (χ2v) is 4.48. The average molecular weight is 249 g/mol. The summed E-state index contributed by atoms with van der Waals surface area (Å²) in [5, 5.41) is 0.753. The van der Waals surface area contributed by atoms with Gasteiger partial charge in [0, 0.05) is 12.7 Å². The third kappa shape index (κ3) is 1.87. The molecule has 0 N–H and O–H groups in total. The maximum atomic E-state index is 5.73. The van der Waals surface area contributed by atoms with E-state index < -0.39 is 0 Å². The number of rotatable bonds is 3. The number of fused-ring (bicyclic) bond motifs is 1. The summed E-state index contributed by atoms with van der Waals surface area (Å²) in [5.41, 5.74) is 2.77. The standard InChI is InChI=1S/C12H11NO3S/c1-14-10-6-15-12-8(10)3-2-4-9(12)16-11-5-13-7-17-11/h2-5,7,10H,6H2,1H3/t10-/m1/s1. The van der Waals surface area contributed by atoms with Crippen LogP contribution in [0.4, 0.5) is 0 Å². The van der Waals surface area contributed by atoms with Crippen molar-refractivity contribution in [3.05, 3.63) is 35.5 Å². The lowest BCUT2D eigenvalue weighted by atomic mass is 10.1. The first-order valence-electron chi connectivity index (χ1n) is 5.23. The van der Waals surface area contributed by atoms with Gasteiger partial charge in [0.2, 0.25) is 5.06 Å². The highest BCUT2D eigenvalue weighted by Crippen LogP contribution is 2.43. The zero-order valence-electron chi connectivity index (χ0n) is 9.25. The van der Waals surface area contributed by atoms with Crippen molar-refractivity contribution in [1.82, 2.24) is 4.98 Å². The Balaban J connectivity index is 1.94. The van der Waals surface area contributed by atoms with E-state index in [9.17, 15) is 0 Å².